The molecular weight excluding hydrogens is 322 g/mol. The largest absolute Gasteiger partial charge is 0.481 e. The van der Waals surface area contributed by atoms with Gasteiger partial charge >= 0.3 is 6.03 Å². The minimum absolute atomic E-state index is 0.0501. The maximum atomic E-state index is 12.3. The summed E-state index contributed by atoms with van der Waals surface area (Å²) < 4.78 is 10.3. The van der Waals surface area contributed by atoms with Crippen LogP contribution >= 0.6 is 0 Å². The monoisotopic (exact) mass is 345 g/mol. The second-order valence-corrected chi connectivity index (χ2v) is 6.06. The number of ether oxygens (including phenoxy) is 1. The van der Waals surface area contributed by atoms with Crippen LogP contribution in [0.15, 0.2) is 28.9 Å². The van der Waals surface area contributed by atoms with E-state index in [1.54, 1.807) is 13.3 Å². The molecule has 134 valence electrons. The molecule has 0 atom stereocenters. The molecule has 0 saturated carbocycles. The van der Waals surface area contributed by atoms with E-state index in [0.717, 1.165) is 36.7 Å². The number of aromatic nitrogens is 2. The molecule has 8 nitrogen and oxygen atoms in total. The Labute approximate surface area is 146 Å². The van der Waals surface area contributed by atoms with Crippen molar-refractivity contribution < 1.29 is 14.1 Å². The first kappa shape index (κ1) is 17.2. The molecule has 0 aliphatic carbocycles. The van der Waals surface area contributed by atoms with E-state index >= 15 is 0 Å². The molecule has 1 aliphatic heterocycles. The van der Waals surface area contributed by atoms with Crippen LogP contribution in [0.5, 0.6) is 5.88 Å². The minimum Gasteiger partial charge on any atom is -0.481 e. The van der Waals surface area contributed by atoms with Crippen molar-refractivity contribution in [1.82, 2.24) is 25.3 Å². The average molecular weight is 345 g/mol. The van der Waals surface area contributed by atoms with Crippen LogP contribution in [0.1, 0.15) is 17.0 Å². The molecule has 2 aromatic rings. The summed E-state index contributed by atoms with van der Waals surface area (Å²) in [6.07, 6.45) is 1.67. The molecule has 3 rings (SSSR count). The van der Waals surface area contributed by atoms with Crippen molar-refractivity contribution in [2.75, 3.05) is 33.3 Å². The molecule has 0 radical (unpaired) electrons. The van der Waals surface area contributed by atoms with Gasteiger partial charge in [-0.15, -0.1) is 0 Å². The average Bonchev–Trinajstić information content (AvgIpc) is 3.05. The van der Waals surface area contributed by atoms with Crippen molar-refractivity contribution in [3.63, 3.8) is 0 Å². The number of carbonyl (C=O) groups excluding carboxylic acids is 1. The van der Waals surface area contributed by atoms with Crippen LogP contribution in [0.25, 0.3) is 0 Å². The minimum atomic E-state index is -0.0501. The van der Waals surface area contributed by atoms with Gasteiger partial charge in [0.2, 0.25) is 5.88 Å². The number of nitrogens with zero attached hydrogens (tertiary/aromatic N) is 4. The predicted octanol–water partition coefficient (Wildman–Crippen LogP) is 1.41. The molecule has 2 amide bonds. The number of hydrogen-bond donors (Lipinski definition) is 1. The van der Waals surface area contributed by atoms with Crippen LogP contribution in [-0.4, -0.2) is 59.3 Å². The van der Waals surface area contributed by atoms with Gasteiger partial charge in [0.15, 0.2) is 5.76 Å². The Morgan fingerprint density at radius 3 is 2.80 bits per heavy atom. The Balaban J connectivity index is 1.43. The lowest BCUT2D eigenvalue weighted by Crippen LogP contribution is -2.51. The van der Waals surface area contributed by atoms with Gasteiger partial charge in [-0.3, -0.25) is 4.90 Å². The van der Waals surface area contributed by atoms with Crippen molar-refractivity contribution in [3.05, 3.63) is 41.4 Å². The van der Waals surface area contributed by atoms with Crippen molar-refractivity contribution in [1.29, 1.82) is 0 Å². The number of urea groups is 1. The van der Waals surface area contributed by atoms with Crippen molar-refractivity contribution >= 4 is 6.03 Å². The van der Waals surface area contributed by atoms with Crippen LogP contribution in [0, 0.1) is 6.92 Å². The van der Waals surface area contributed by atoms with Gasteiger partial charge in [0.1, 0.15) is 0 Å². The highest BCUT2D eigenvalue weighted by molar-refractivity contribution is 5.74. The topological polar surface area (TPSA) is 83.7 Å². The normalized spacial score (nSPS) is 15.2. The van der Waals surface area contributed by atoms with E-state index < -0.39 is 0 Å². The number of methoxy groups -OCH3 is 1. The molecule has 0 spiro atoms. The Hall–Kier alpha value is -2.61. The smallest absolute Gasteiger partial charge is 0.317 e. The van der Waals surface area contributed by atoms with Gasteiger partial charge in [-0.05, 0) is 18.6 Å². The molecule has 0 aromatic carbocycles. The number of amides is 2. The first-order valence-corrected chi connectivity index (χ1v) is 8.30. The fourth-order valence-electron chi connectivity index (χ4n) is 2.78. The molecule has 1 N–H and O–H groups in total. The highest BCUT2D eigenvalue weighted by Crippen LogP contribution is 2.11. The number of rotatable bonds is 5. The van der Waals surface area contributed by atoms with Crippen LogP contribution in [0.2, 0.25) is 0 Å². The summed E-state index contributed by atoms with van der Waals surface area (Å²) in [5.74, 6) is 1.41. The summed E-state index contributed by atoms with van der Waals surface area (Å²) in [5.41, 5.74) is 1.85. The van der Waals surface area contributed by atoms with E-state index in [0.29, 0.717) is 25.5 Å². The second kappa shape index (κ2) is 7.98. The van der Waals surface area contributed by atoms with Crippen LogP contribution < -0.4 is 10.1 Å². The highest BCUT2D eigenvalue weighted by atomic mass is 16.5. The summed E-state index contributed by atoms with van der Waals surface area (Å²) in [7, 11) is 1.57. The quantitative estimate of drug-likeness (QED) is 0.882. The van der Waals surface area contributed by atoms with Gasteiger partial charge in [0, 0.05) is 51.1 Å². The lowest BCUT2D eigenvalue weighted by Gasteiger charge is -2.34. The Morgan fingerprint density at radius 1 is 1.32 bits per heavy atom. The fraction of sp³-hybridized carbons (Fsp3) is 0.471. The van der Waals surface area contributed by atoms with Crippen LogP contribution in [-0.2, 0) is 13.1 Å². The maximum Gasteiger partial charge on any atom is 0.317 e. The van der Waals surface area contributed by atoms with E-state index in [1.807, 2.05) is 30.0 Å². The van der Waals surface area contributed by atoms with E-state index in [4.69, 9.17) is 9.26 Å². The van der Waals surface area contributed by atoms with Gasteiger partial charge in [-0.2, -0.15) is 0 Å². The molecule has 1 aliphatic rings. The number of hydrogen-bond acceptors (Lipinski definition) is 6. The maximum absolute atomic E-state index is 12.3. The number of carbonyl (C=O) groups is 1. The zero-order valence-corrected chi connectivity index (χ0v) is 14.6. The van der Waals surface area contributed by atoms with Gasteiger partial charge < -0.3 is 19.5 Å². The SMILES string of the molecule is COc1cc(CNC(=O)N2CCN(Cc3cc(C)no3)CC2)ccn1. The van der Waals surface area contributed by atoms with Crippen molar-refractivity contribution in [2.45, 2.75) is 20.0 Å². The number of aryl methyl sites for hydroxylation is 1. The first-order chi connectivity index (χ1) is 12.1. The zero-order chi connectivity index (χ0) is 17.6. The molecule has 3 heterocycles. The molecule has 0 unspecified atom stereocenters. The number of nitrogens with one attached hydrogen (secondary N) is 1. The third-order valence-electron chi connectivity index (χ3n) is 4.17. The predicted molar refractivity (Wildman–Crippen MR) is 91.1 cm³/mol. The van der Waals surface area contributed by atoms with Crippen LogP contribution in [0.4, 0.5) is 4.79 Å². The summed E-state index contributed by atoms with van der Waals surface area (Å²) in [6.45, 7) is 6.11. The standard InChI is InChI=1S/C17H23N5O3/c1-13-9-15(25-20-13)12-21-5-7-22(8-6-21)17(23)19-11-14-3-4-18-16(10-14)24-2/h3-4,9-10H,5-8,11-12H2,1-2H3,(H,19,23). The number of piperazine rings is 1. The van der Waals surface area contributed by atoms with E-state index in [1.165, 1.54) is 0 Å². The van der Waals surface area contributed by atoms with Gasteiger partial charge in [0.05, 0.1) is 19.3 Å². The zero-order valence-electron chi connectivity index (χ0n) is 14.6. The number of pyridine rings is 1. The van der Waals surface area contributed by atoms with E-state index in [2.05, 4.69) is 20.4 Å². The van der Waals surface area contributed by atoms with Crippen molar-refractivity contribution in [3.8, 4) is 5.88 Å². The third kappa shape index (κ3) is 4.69. The summed E-state index contributed by atoms with van der Waals surface area (Å²) in [6, 6.07) is 5.57. The molecule has 25 heavy (non-hydrogen) atoms. The van der Waals surface area contributed by atoms with E-state index in [-0.39, 0.29) is 6.03 Å². The van der Waals surface area contributed by atoms with Gasteiger partial charge in [0.25, 0.3) is 0 Å². The van der Waals surface area contributed by atoms with Crippen molar-refractivity contribution in [2.24, 2.45) is 0 Å². The summed E-state index contributed by atoms with van der Waals surface area (Å²) >= 11 is 0. The first-order valence-electron chi connectivity index (χ1n) is 8.30. The highest BCUT2D eigenvalue weighted by Gasteiger charge is 2.21. The molecule has 1 fully saturated rings. The second-order valence-electron chi connectivity index (χ2n) is 6.06. The lowest BCUT2D eigenvalue weighted by molar-refractivity contribution is 0.127. The Morgan fingerprint density at radius 2 is 2.12 bits per heavy atom. The van der Waals surface area contributed by atoms with Crippen LogP contribution in [0.3, 0.4) is 0 Å². The van der Waals surface area contributed by atoms with Gasteiger partial charge in [-0.1, -0.05) is 5.16 Å². The lowest BCUT2D eigenvalue weighted by atomic mass is 10.2. The van der Waals surface area contributed by atoms with Gasteiger partial charge in [-0.25, -0.2) is 9.78 Å². The molecule has 0 bridgehead atoms. The summed E-state index contributed by atoms with van der Waals surface area (Å²) in [5, 5.41) is 6.85. The third-order valence-corrected chi connectivity index (χ3v) is 4.17. The molecule has 2 aromatic heterocycles. The molecular formula is C17H23N5O3. The Bertz CT molecular complexity index is 710. The van der Waals surface area contributed by atoms with E-state index in [9.17, 15) is 4.79 Å². The summed E-state index contributed by atoms with van der Waals surface area (Å²) in [4.78, 5) is 20.5. The fourth-order valence-corrected chi connectivity index (χ4v) is 2.78. The molecule has 8 heteroatoms. The molecule has 1 saturated heterocycles. The Kier molecular flexibility index (Phi) is 5.49.